The zero-order valence-corrected chi connectivity index (χ0v) is 6.11. The van der Waals surface area contributed by atoms with E-state index in [0.717, 1.165) is 12.8 Å². The summed E-state index contributed by atoms with van der Waals surface area (Å²) in [6.07, 6.45) is 6.11. The van der Waals surface area contributed by atoms with Crippen LogP contribution in [0.1, 0.15) is 32.1 Å². The van der Waals surface area contributed by atoms with Crippen molar-refractivity contribution in [2.45, 2.75) is 38.1 Å². The fourth-order valence-corrected chi connectivity index (χ4v) is 1.45. The van der Waals surface area contributed by atoms with Crippen molar-refractivity contribution in [3.05, 3.63) is 0 Å². The molecule has 1 aliphatic rings. The molecule has 0 aromatic carbocycles. The van der Waals surface area contributed by atoms with Crippen molar-refractivity contribution in [3.8, 4) is 0 Å². The maximum Gasteiger partial charge on any atom is 0.207 e. The molecule has 0 aromatic rings. The van der Waals surface area contributed by atoms with Crippen molar-refractivity contribution in [2.75, 3.05) is 0 Å². The van der Waals surface area contributed by atoms with Crippen LogP contribution in [0.25, 0.3) is 0 Å². The largest absolute Gasteiger partial charge is 0.352 e. The van der Waals surface area contributed by atoms with Crippen LogP contribution < -0.4 is 11.1 Å². The third-order valence-electron chi connectivity index (χ3n) is 1.95. The normalized spacial score (nSPS) is 20.4. The maximum atomic E-state index is 6.89. The van der Waals surface area contributed by atoms with Crippen molar-refractivity contribution < 1.29 is 0 Å². The second kappa shape index (κ2) is 3.44. The minimum atomic E-state index is -0.132. The van der Waals surface area contributed by atoms with Gasteiger partial charge in [-0.25, -0.2) is 0 Å². The van der Waals surface area contributed by atoms with Crippen LogP contribution in [0, 0.1) is 5.41 Å². The summed E-state index contributed by atoms with van der Waals surface area (Å²) in [6.45, 7) is 0. The summed E-state index contributed by atoms with van der Waals surface area (Å²) < 4.78 is 0. The van der Waals surface area contributed by atoms with E-state index in [9.17, 15) is 0 Å². The Hall–Kier alpha value is -0.730. The van der Waals surface area contributed by atoms with E-state index in [4.69, 9.17) is 11.1 Å². The molecule has 0 amide bonds. The predicted molar refractivity (Wildman–Crippen MR) is 40.8 cm³/mol. The molecule has 1 fully saturated rings. The van der Waals surface area contributed by atoms with Gasteiger partial charge in [-0.1, -0.05) is 19.3 Å². The Kier molecular flexibility index (Phi) is 2.54. The first-order valence-electron chi connectivity index (χ1n) is 3.86. The zero-order chi connectivity index (χ0) is 7.40. The molecule has 1 rings (SSSR count). The van der Waals surface area contributed by atoms with E-state index in [1.165, 1.54) is 19.3 Å². The highest BCUT2D eigenvalue weighted by atomic mass is 15.1. The summed E-state index contributed by atoms with van der Waals surface area (Å²) in [5, 5.41) is 9.72. The average molecular weight is 140 g/mol. The fraction of sp³-hybridized carbons (Fsp3) is 0.857. The van der Waals surface area contributed by atoms with E-state index < -0.39 is 0 Å². The molecule has 0 saturated heterocycles. The lowest BCUT2D eigenvalue weighted by Crippen LogP contribution is -2.36. The Balaban J connectivity index is 2.19. The van der Waals surface area contributed by atoms with Crippen LogP contribution in [-0.4, -0.2) is 12.0 Å². The zero-order valence-electron chi connectivity index (χ0n) is 6.11. The number of guanidine groups is 1. The molecule has 1 aliphatic carbocycles. The summed E-state index contributed by atoms with van der Waals surface area (Å²) >= 11 is 0. The Morgan fingerprint density at radius 1 is 1.20 bits per heavy atom. The quantitative estimate of drug-likeness (QED) is 0.416. The number of nitrogens with one attached hydrogen (secondary N) is 3. The summed E-state index contributed by atoms with van der Waals surface area (Å²) in [7, 11) is 0. The van der Waals surface area contributed by atoms with E-state index in [-0.39, 0.29) is 5.96 Å². The lowest BCUT2D eigenvalue weighted by Gasteiger charge is -2.22. The van der Waals surface area contributed by atoms with Crippen molar-refractivity contribution in [1.82, 2.24) is 11.1 Å². The van der Waals surface area contributed by atoms with Crippen LogP contribution in [0.3, 0.4) is 0 Å². The minimum Gasteiger partial charge on any atom is -0.352 e. The highest BCUT2D eigenvalue weighted by molar-refractivity contribution is 5.73. The monoisotopic (exact) mass is 140 g/mol. The van der Waals surface area contributed by atoms with Gasteiger partial charge in [-0.15, -0.1) is 0 Å². The van der Waals surface area contributed by atoms with Gasteiger partial charge in [0.05, 0.1) is 0 Å². The Morgan fingerprint density at radius 3 is 2.30 bits per heavy atom. The smallest absolute Gasteiger partial charge is 0.207 e. The third kappa shape index (κ3) is 2.25. The SMILES string of the molecule is [NH]C(=N)NC1CCCCC1. The second-order valence-corrected chi connectivity index (χ2v) is 2.85. The van der Waals surface area contributed by atoms with E-state index >= 15 is 0 Å². The van der Waals surface area contributed by atoms with Crippen molar-refractivity contribution in [3.63, 3.8) is 0 Å². The van der Waals surface area contributed by atoms with Gasteiger partial charge < -0.3 is 5.32 Å². The number of hydrogen-bond donors (Lipinski definition) is 2. The molecule has 0 heterocycles. The molecule has 1 saturated carbocycles. The highest BCUT2D eigenvalue weighted by Crippen LogP contribution is 2.16. The third-order valence-corrected chi connectivity index (χ3v) is 1.95. The molecule has 0 unspecified atom stereocenters. The second-order valence-electron chi connectivity index (χ2n) is 2.85. The fourth-order valence-electron chi connectivity index (χ4n) is 1.45. The van der Waals surface area contributed by atoms with Gasteiger partial charge in [-0.3, -0.25) is 11.1 Å². The van der Waals surface area contributed by atoms with Gasteiger partial charge in [0.1, 0.15) is 0 Å². The summed E-state index contributed by atoms with van der Waals surface area (Å²) in [4.78, 5) is 0. The maximum absolute atomic E-state index is 6.89. The van der Waals surface area contributed by atoms with E-state index in [1.807, 2.05) is 0 Å². The molecule has 3 nitrogen and oxygen atoms in total. The molecule has 10 heavy (non-hydrogen) atoms. The van der Waals surface area contributed by atoms with Gasteiger partial charge >= 0.3 is 0 Å². The highest BCUT2D eigenvalue weighted by Gasteiger charge is 2.12. The van der Waals surface area contributed by atoms with Crippen molar-refractivity contribution >= 4 is 5.96 Å². The molecule has 1 radical (unpaired) electrons. The van der Waals surface area contributed by atoms with E-state index in [2.05, 4.69) is 5.32 Å². The van der Waals surface area contributed by atoms with Crippen molar-refractivity contribution in [1.29, 1.82) is 5.41 Å². The minimum absolute atomic E-state index is 0.132. The van der Waals surface area contributed by atoms with Crippen molar-refractivity contribution in [2.24, 2.45) is 0 Å². The van der Waals surface area contributed by atoms with Crippen LogP contribution in [0.2, 0.25) is 0 Å². The molecular formula is C7H14N3. The molecule has 0 spiro atoms. The number of rotatable bonds is 1. The topological polar surface area (TPSA) is 59.7 Å². The van der Waals surface area contributed by atoms with Crippen LogP contribution >= 0.6 is 0 Å². The molecule has 0 aromatic heterocycles. The molecular weight excluding hydrogens is 126 g/mol. The molecule has 0 aliphatic heterocycles. The lowest BCUT2D eigenvalue weighted by molar-refractivity contribution is 0.412. The van der Waals surface area contributed by atoms with Crippen LogP contribution in [-0.2, 0) is 0 Å². The summed E-state index contributed by atoms with van der Waals surface area (Å²) in [5.74, 6) is -0.132. The standard InChI is InChI=1S/C7H14N3/c8-7(9)10-6-4-2-1-3-5-6/h6,8H,1-5H2,(H2,9,10). The Morgan fingerprint density at radius 2 is 1.80 bits per heavy atom. The first-order chi connectivity index (χ1) is 4.79. The molecule has 57 valence electrons. The van der Waals surface area contributed by atoms with Gasteiger partial charge in [-0.2, -0.15) is 0 Å². The molecule has 3 N–H and O–H groups in total. The summed E-state index contributed by atoms with van der Waals surface area (Å²) in [5.41, 5.74) is 6.89. The van der Waals surface area contributed by atoms with Crippen LogP contribution in [0.15, 0.2) is 0 Å². The first-order valence-corrected chi connectivity index (χ1v) is 3.86. The summed E-state index contributed by atoms with van der Waals surface area (Å²) in [6, 6.07) is 0.416. The average Bonchev–Trinajstić information content (AvgIpc) is 1.88. The first kappa shape index (κ1) is 7.38. The van der Waals surface area contributed by atoms with Gasteiger partial charge in [0.15, 0.2) is 0 Å². The van der Waals surface area contributed by atoms with Gasteiger partial charge in [0.25, 0.3) is 0 Å². The van der Waals surface area contributed by atoms with Crippen LogP contribution in [0.4, 0.5) is 0 Å². The van der Waals surface area contributed by atoms with Gasteiger partial charge in [0.2, 0.25) is 5.96 Å². The van der Waals surface area contributed by atoms with Gasteiger partial charge in [-0.05, 0) is 12.8 Å². The lowest BCUT2D eigenvalue weighted by atomic mass is 9.96. The molecule has 0 bridgehead atoms. The Labute approximate surface area is 61.5 Å². The molecule has 0 atom stereocenters. The van der Waals surface area contributed by atoms with Crippen LogP contribution in [0.5, 0.6) is 0 Å². The predicted octanol–water partition coefficient (Wildman–Crippen LogP) is 1.13. The number of hydrogen-bond acceptors (Lipinski definition) is 1. The van der Waals surface area contributed by atoms with Gasteiger partial charge in [0, 0.05) is 6.04 Å². The Bertz CT molecular complexity index is 116. The van der Waals surface area contributed by atoms with E-state index in [1.54, 1.807) is 0 Å². The molecule has 3 heteroatoms. The van der Waals surface area contributed by atoms with E-state index in [0.29, 0.717) is 6.04 Å².